The molecule has 116 valence electrons. The highest BCUT2D eigenvalue weighted by atomic mass is 16.5. The second-order valence-corrected chi connectivity index (χ2v) is 5.26. The Morgan fingerprint density at radius 2 is 2.19 bits per heavy atom. The standard InChI is InChI=1S/C15H22N2O4/c1-4-12-13(10(3)21-16-12)14(18)17-8-6-7-11(9-17)15(19)20-5-2/h11H,4-9H2,1-3H3/t11-/m0/s1. The largest absolute Gasteiger partial charge is 0.466 e. The lowest BCUT2D eigenvalue weighted by Gasteiger charge is -2.31. The zero-order valence-corrected chi connectivity index (χ0v) is 12.8. The number of nitrogens with zero attached hydrogens (tertiary/aromatic N) is 2. The maximum atomic E-state index is 12.7. The molecule has 1 aliphatic rings. The van der Waals surface area contributed by atoms with Crippen LogP contribution in [-0.2, 0) is 16.0 Å². The Bertz CT molecular complexity index is 524. The Morgan fingerprint density at radius 1 is 1.43 bits per heavy atom. The number of ether oxygens (including phenoxy) is 1. The molecule has 0 aliphatic carbocycles. The molecule has 1 saturated heterocycles. The number of carbonyl (C=O) groups is 2. The summed E-state index contributed by atoms with van der Waals surface area (Å²) in [5.74, 6) is -0.00430. The third kappa shape index (κ3) is 3.25. The van der Waals surface area contributed by atoms with Crippen molar-refractivity contribution < 1.29 is 18.8 Å². The van der Waals surface area contributed by atoms with Gasteiger partial charge in [0.25, 0.3) is 5.91 Å². The Labute approximate surface area is 124 Å². The zero-order chi connectivity index (χ0) is 15.4. The molecule has 0 unspecified atom stereocenters. The Balaban J connectivity index is 2.12. The highest BCUT2D eigenvalue weighted by Crippen LogP contribution is 2.23. The van der Waals surface area contributed by atoms with Crippen LogP contribution in [0.15, 0.2) is 4.52 Å². The van der Waals surface area contributed by atoms with E-state index in [0.29, 0.717) is 43.1 Å². The minimum Gasteiger partial charge on any atom is -0.466 e. The van der Waals surface area contributed by atoms with Crippen LogP contribution >= 0.6 is 0 Å². The van der Waals surface area contributed by atoms with Crippen LogP contribution in [0.5, 0.6) is 0 Å². The second-order valence-electron chi connectivity index (χ2n) is 5.26. The topological polar surface area (TPSA) is 72.6 Å². The van der Waals surface area contributed by atoms with Crippen molar-refractivity contribution in [2.24, 2.45) is 5.92 Å². The average molecular weight is 294 g/mol. The molecule has 0 radical (unpaired) electrons. The molecule has 1 amide bonds. The molecular formula is C15H22N2O4. The van der Waals surface area contributed by atoms with Gasteiger partial charge in [-0.1, -0.05) is 12.1 Å². The number of hydrogen-bond acceptors (Lipinski definition) is 5. The number of esters is 1. The van der Waals surface area contributed by atoms with E-state index in [2.05, 4.69) is 5.16 Å². The quantitative estimate of drug-likeness (QED) is 0.794. The fourth-order valence-corrected chi connectivity index (χ4v) is 2.71. The first-order chi connectivity index (χ1) is 10.1. The van der Waals surface area contributed by atoms with E-state index in [9.17, 15) is 9.59 Å². The molecular weight excluding hydrogens is 272 g/mol. The molecule has 1 aromatic rings. The van der Waals surface area contributed by atoms with Gasteiger partial charge in [0.2, 0.25) is 0 Å². The van der Waals surface area contributed by atoms with E-state index in [-0.39, 0.29) is 17.8 Å². The summed E-state index contributed by atoms with van der Waals surface area (Å²) in [5, 5.41) is 3.92. The third-order valence-corrected chi connectivity index (χ3v) is 3.81. The van der Waals surface area contributed by atoms with Crippen LogP contribution in [0.2, 0.25) is 0 Å². The van der Waals surface area contributed by atoms with Gasteiger partial charge in [-0.2, -0.15) is 0 Å². The number of carbonyl (C=O) groups excluding carboxylic acids is 2. The van der Waals surface area contributed by atoms with Gasteiger partial charge in [-0.15, -0.1) is 0 Å². The number of rotatable bonds is 4. The number of likely N-dealkylation sites (tertiary alicyclic amines) is 1. The van der Waals surface area contributed by atoms with Gasteiger partial charge in [-0.3, -0.25) is 9.59 Å². The van der Waals surface area contributed by atoms with Gasteiger partial charge in [0.05, 0.1) is 18.2 Å². The van der Waals surface area contributed by atoms with Crippen molar-refractivity contribution in [3.8, 4) is 0 Å². The van der Waals surface area contributed by atoms with Crippen LogP contribution in [0, 0.1) is 12.8 Å². The lowest BCUT2D eigenvalue weighted by Crippen LogP contribution is -2.43. The van der Waals surface area contributed by atoms with Crippen LogP contribution < -0.4 is 0 Å². The smallest absolute Gasteiger partial charge is 0.310 e. The molecule has 2 heterocycles. The molecule has 1 aromatic heterocycles. The summed E-state index contributed by atoms with van der Waals surface area (Å²) in [4.78, 5) is 26.2. The second kappa shape index (κ2) is 6.74. The van der Waals surface area contributed by atoms with E-state index in [0.717, 1.165) is 12.8 Å². The molecule has 2 rings (SSSR count). The van der Waals surface area contributed by atoms with Crippen molar-refractivity contribution in [2.45, 2.75) is 40.0 Å². The van der Waals surface area contributed by atoms with E-state index in [1.54, 1.807) is 18.7 Å². The number of amides is 1. The Kier molecular flexibility index (Phi) is 4.98. The summed E-state index contributed by atoms with van der Waals surface area (Å²) in [7, 11) is 0. The summed E-state index contributed by atoms with van der Waals surface area (Å²) in [6.07, 6.45) is 2.22. The first kappa shape index (κ1) is 15.5. The van der Waals surface area contributed by atoms with Crippen LogP contribution in [-0.4, -0.2) is 41.6 Å². The van der Waals surface area contributed by atoms with Crippen molar-refractivity contribution >= 4 is 11.9 Å². The summed E-state index contributed by atoms with van der Waals surface area (Å²) >= 11 is 0. The Morgan fingerprint density at radius 3 is 2.86 bits per heavy atom. The van der Waals surface area contributed by atoms with Gasteiger partial charge >= 0.3 is 5.97 Å². The first-order valence-electron chi connectivity index (χ1n) is 7.49. The number of piperidine rings is 1. The van der Waals surface area contributed by atoms with E-state index in [4.69, 9.17) is 9.26 Å². The van der Waals surface area contributed by atoms with Crippen LogP contribution in [0.3, 0.4) is 0 Å². The van der Waals surface area contributed by atoms with Crippen LogP contribution in [0.25, 0.3) is 0 Å². The molecule has 0 N–H and O–H groups in total. The summed E-state index contributed by atoms with van der Waals surface area (Å²) in [5.41, 5.74) is 1.22. The van der Waals surface area contributed by atoms with Crippen molar-refractivity contribution in [3.05, 3.63) is 17.0 Å². The zero-order valence-electron chi connectivity index (χ0n) is 12.8. The van der Waals surface area contributed by atoms with Gasteiger partial charge in [0.1, 0.15) is 11.3 Å². The SMILES string of the molecule is CCOC(=O)[C@H]1CCCN(C(=O)c2c(CC)noc2C)C1. The van der Waals surface area contributed by atoms with E-state index in [1.165, 1.54) is 0 Å². The molecule has 0 aromatic carbocycles. The minimum atomic E-state index is -0.229. The molecule has 21 heavy (non-hydrogen) atoms. The summed E-state index contributed by atoms with van der Waals surface area (Å²) in [6, 6.07) is 0. The monoisotopic (exact) mass is 294 g/mol. The Hall–Kier alpha value is -1.85. The van der Waals surface area contributed by atoms with Crippen molar-refractivity contribution in [2.75, 3.05) is 19.7 Å². The lowest BCUT2D eigenvalue weighted by molar-refractivity contribution is -0.149. The van der Waals surface area contributed by atoms with Gasteiger partial charge in [0.15, 0.2) is 0 Å². The first-order valence-corrected chi connectivity index (χ1v) is 7.49. The van der Waals surface area contributed by atoms with Crippen molar-refractivity contribution in [1.29, 1.82) is 0 Å². The minimum absolute atomic E-state index is 0.0976. The van der Waals surface area contributed by atoms with Gasteiger partial charge in [0, 0.05) is 13.1 Å². The van der Waals surface area contributed by atoms with Gasteiger partial charge in [-0.25, -0.2) is 0 Å². The van der Waals surface area contributed by atoms with Gasteiger partial charge in [-0.05, 0) is 33.1 Å². The van der Waals surface area contributed by atoms with E-state index < -0.39 is 0 Å². The molecule has 0 saturated carbocycles. The van der Waals surface area contributed by atoms with Crippen molar-refractivity contribution in [3.63, 3.8) is 0 Å². The fraction of sp³-hybridized carbons (Fsp3) is 0.667. The number of hydrogen-bond donors (Lipinski definition) is 0. The van der Waals surface area contributed by atoms with Crippen LogP contribution in [0.4, 0.5) is 0 Å². The number of aromatic nitrogens is 1. The predicted molar refractivity (Wildman–Crippen MR) is 75.9 cm³/mol. The highest BCUT2D eigenvalue weighted by Gasteiger charge is 2.32. The van der Waals surface area contributed by atoms with Gasteiger partial charge < -0.3 is 14.2 Å². The molecule has 0 spiro atoms. The normalized spacial score (nSPS) is 18.6. The molecule has 1 aliphatic heterocycles. The lowest BCUT2D eigenvalue weighted by atomic mass is 9.97. The molecule has 1 atom stereocenters. The number of aryl methyl sites for hydroxylation is 2. The van der Waals surface area contributed by atoms with E-state index in [1.807, 2.05) is 6.92 Å². The maximum Gasteiger partial charge on any atom is 0.310 e. The average Bonchev–Trinajstić information content (AvgIpc) is 2.87. The highest BCUT2D eigenvalue weighted by molar-refractivity contribution is 5.96. The predicted octanol–water partition coefficient (Wildman–Crippen LogP) is 1.96. The van der Waals surface area contributed by atoms with Crippen LogP contribution in [0.1, 0.15) is 48.5 Å². The fourth-order valence-electron chi connectivity index (χ4n) is 2.71. The molecule has 1 fully saturated rings. The maximum absolute atomic E-state index is 12.7. The molecule has 6 heteroatoms. The third-order valence-electron chi connectivity index (χ3n) is 3.81. The summed E-state index contributed by atoms with van der Waals surface area (Å²) < 4.78 is 10.2. The molecule has 6 nitrogen and oxygen atoms in total. The molecule has 0 bridgehead atoms. The summed E-state index contributed by atoms with van der Waals surface area (Å²) in [6.45, 7) is 6.90. The van der Waals surface area contributed by atoms with Crippen molar-refractivity contribution in [1.82, 2.24) is 10.1 Å². The van der Waals surface area contributed by atoms with E-state index >= 15 is 0 Å².